The van der Waals surface area contributed by atoms with Crippen molar-refractivity contribution in [2.24, 2.45) is 0 Å². The molecule has 1 unspecified atom stereocenters. The Labute approximate surface area is 102 Å². The number of nitrogens with one attached hydrogen (secondary N) is 1. The number of hydrogen-bond donors (Lipinski definition) is 1. The molecule has 1 aromatic heterocycles. The van der Waals surface area contributed by atoms with Gasteiger partial charge >= 0.3 is 0 Å². The maximum absolute atomic E-state index is 12.3. The van der Waals surface area contributed by atoms with E-state index in [1.165, 1.54) is 0 Å². The number of carbonyl (C=O) groups excluding carboxylic acids is 1. The Kier molecular flexibility index (Phi) is 3.15. The minimum Gasteiger partial charge on any atom is -0.333 e. The predicted molar refractivity (Wildman–Crippen MR) is 66.3 cm³/mol. The van der Waals surface area contributed by atoms with Crippen LogP contribution in [0.4, 0.5) is 0 Å². The molecule has 0 saturated carbocycles. The second-order valence-electron chi connectivity index (χ2n) is 5.15. The van der Waals surface area contributed by atoms with Crippen LogP contribution in [0.1, 0.15) is 26.3 Å². The summed E-state index contributed by atoms with van der Waals surface area (Å²) in [6.07, 6.45) is 3.56. The topological polar surface area (TPSA) is 45.2 Å². The maximum atomic E-state index is 12.3. The van der Waals surface area contributed by atoms with Crippen LogP contribution in [-0.4, -0.2) is 33.9 Å². The molecular formula is C13H19N3O. The third-order valence-electron chi connectivity index (χ3n) is 3.24. The maximum Gasteiger partial charge on any atom is 0.242 e. The van der Waals surface area contributed by atoms with Crippen molar-refractivity contribution in [3.05, 3.63) is 30.1 Å². The minimum atomic E-state index is -0.464. The molecule has 92 valence electrons. The number of aromatic nitrogens is 1. The fourth-order valence-corrected chi connectivity index (χ4v) is 2.06. The zero-order valence-electron chi connectivity index (χ0n) is 10.6. The fraction of sp³-hybridized carbons (Fsp3) is 0.538. The lowest BCUT2D eigenvalue weighted by atomic mass is 9.97. The average Bonchev–Trinajstić information content (AvgIpc) is 2.32. The van der Waals surface area contributed by atoms with Crippen molar-refractivity contribution in [3.8, 4) is 0 Å². The molecule has 0 spiro atoms. The number of amides is 1. The summed E-state index contributed by atoms with van der Waals surface area (Å²) in [4.78, 5) is 18.3. The minimum absolute atomic E-state index is 0.153. The smallest absolute Gasteiger partial charge is 0.242 e. The summed E-state index contributed by atoms with van der Waals surface area (Å²) in [5.41, 5.74) is 0.611. The molecule has 2 heterocycles. The van der Waals surface area contributed by atoms with Gasteiger partial charge in [-0.05, 0) is 32.4 Å². The number of nitrogens with zero attached hydrogens (tertiary/aromatic N) is 2. The van der Waals surface area contributed by atoms with Gasteiger partial charge in [0.15, 0.2) is 0 Å². The van der Waals surface area contributed by atoms with Crippen LogP contribution >= 0.6 is 0 Å². The number of rotatable bonds is 2. The van der Waals surface area contributed by atoms with Crippen molar-refractivity contribution in [3.63, 3.8) is 0 Å². The molecule has 0 aliphatic carbocycles. The first-order chi connectivity index (χ1) is 8.00. The third-order valence-corrected chi connectivity index (χ3v) is 3.24. The lowest BCUT2D eigenvalue weighted by Gasteiger charge is -2.42. The molecule has 1 aliphatic rings. The molecule has 1 amide bonds. The zero-order chi connectivity index (χ0) is 12.5. The SMILES string of the molecule is CC1CNC(C)(C)C(=O)N1Cc1cccnc1. The third kappa shape index (κ3) is 2.47. The molecule has 1 N–H and O–H groups in total. The Morgan fingerprint density at radius 3 is 3.00 bits per heavy atom. The highest BCUT2D eigenvalue weighted by Gasteiger charge is 2.38. The van der Waals surface area contributed by atoms with E-state index in [2.05, 4.69) is 17.2 Å². The summed E-state index contributed by atoms with van der Waals surface area (Å²) in [6.45, 7) is 7.39. The van der Waals surface area contributed by atoms with Crippen LogP contribution in [0.5, 0.6) is 0 Å². The van der Waals surface area contributed by atoms with Gasteiger partial charge in [-0.2, -0.15) is 0 Å². The summed E-state index contributed by atoms with van der Waals surface area (Å²) < 4.78 is 0. The predicted octanol–water partition coefficient (Wildman–Crippen LogP) is 1.18. The van der Waals surface area contributed by atoms with E-state index in [1.54, 1.807) is 6.20 Å². The molecule has 1 aromatic rings. The molecule has 0 radical (unpaired) electrons. The number of piperazine rings is 1. The Balaban J connectivity index is 2.16. The fourth-order valence-electron chi connectivity index (χ4n) is 2.06. The van der Waals surface area contributed by atoms with Gasteiger partial charge in [0.1, 0.15) is 0 Å². The van der Waals surface area contributed by atoms with Crippen LogP contribution in [0.15, 0.2) is 24.5 Å². The van der Waals surface area contributed by atoms with Gasteiger partial charge in [-0.15, -0.1) is 0 Å². The highest BCUT2D eigenvalue weighted by molar-refractivity contribution is 5.86. The van der Waals surface area contributed by atoms with E-state index >= 15 is 0 Å². The van der Waals surface area contributed by atoms with Crippen molar-refractivity contribution in [1.29, 1.82) is 0 Å². The van der Waals surface area contributed by atoms with Gasteiger partial charge in [0, 0.05) is 31.5 Å². The van der Waals surface area contributed by atoms with Gasteiger partial charge in [0.05, 0.1) is 5.54 Å². The molecule has 4 nitrogen and oxygen atoms in total. The van der Waals surface area contributed by atoms with Gasteiger partial charge in [-0.1, -0.05) is 6.07 Å². The van der Waals surface area contributed by atoms with Crippen LogP contribution in [0, 0.1) is 0 Å². The number of carbonyl (C=O) groups is 1. The molecule has 2 rings (SSSR count). The molecule has 0 aromatic carbocycles. The van der Waals surface area contributed by atoms with E-state index < -0.39 is 5.54 Å². The molecule has 0 bridgehead atoms. The second-order valence-corrected chi connectivity index (χ2v) is 5.15. The van der Waals surface area contributed by atoms with Crippen LogP contribution in [-0.2, 0) is 11.3 Å². The van der Waals surface area contributed by atoms with E-state index in [9.17, 15) is 4.79 Å². The number of hydrogen-bond acceptors (Lipinski definition) is 3. The molecular weight excluding hydrogens is 214 g/mol. The largest absolute Gasteiger partial charge is 0.333 e. The highest BCUT2D eigenvalue weighted by atomic mass is 16.2. The van der Waals surface area contributed by atoms with Gasteiger partial charge in [0.2, 0.25) is 5.91 Å². The van der Waals surface area contributed by atoms with Crippen molar-refractivity contribution in [2.45, 2.75) is 38.9 Å². The van der Waals surface area contributed by atoms with E-state index in [0.29, 0.717) is 6.54 Å². The van der Waals surface area contributed by atoms with Gasteiger partial charge in [0.25, 0.3) is 0 Å². The standard InChI is InChI=1S/C13H19N3O/c1-10-7-15-13(2,3)12(17)16(10)9-11-5-4-6-14-8-11/h4-6,8,10,15H,7,9H2,1-3H3. The van der Waals surface area contributed by atoms with Crippen molar-refractivity contribution >= 4 is 5.91 Å². The Bertz CT molecular complexity index is 402. The first-order valence-corrected chi connectivity index (χ1v) is 5.96. The summed E-state index contributed by atoms with van der Waals surface area (Å²) in [5.74, 6) is 0.153. The van der Waals surface area contributed by atoms with Crippen LogP contribution in [0.3, 0.4) is 0 Å². The van der Waals surface area contributed by atoms with Crippen molar-refractivity contribution in [2.75, 3.05) is 6.54 Å². The Morgan fingerprint density at radius 1 is 1.59 bits per heavy atom. The molecule has 1 saturated heterocycles. The molecule has 4 heteroatoms. The lowest BCUT2D eigenvalue weighted by Crippen LogP contribution is -2.64. The lowest BCUT2D eigenvalue weighted by molar-refractivity contribution is -0.143. The summed E-state index contributed by atoms with van der Waals surface area (Å²) >= 11 is 0. The first kappa shape index (κ1) is 12.0. The second kappa shape index (κ2) is 4.45. The van der Waals surface area contributed by atoms with E-state index in [-0.39, 0.29) is 11.9 Å². The van der Waals surface area contributed by atoms with Crippen LogP contribution in [0.2, 0.25) is 0 Å². The highest BCUT2D eigenvalue weighted by Crippen LogP contribution is 2.19. The van der Waals surface area contributed by atoms with Gasteiger partial charge < -0.3 is 10.2 Å². The van der Waals surface area contributed by atoms with Crippen LogP contribution in [0.25, 0.3) is 0 Å². The molecule has 1 atom stereocenters. The van der Waals surface area contributed by atoms with Gasteiger partial charge in [-0.3, -0.25) is 9.78 Å². The quantitative estimate of drug-likeness (QED) is 0.834. The van der Waals surface area contributed by atoms with Gasteiger partial charge in [-0.25, -0.2) is 0 Å². The first-order valence-electron chi connectivity index (χ1n) is 5.96. The van der Waals surface area contributed by atoms with Crippen LogP contribution < -0.4 is 5.32 Å². The zero-order valence-corrected chi connectivity index (χ0v) is 10.6. The van der Waals surface area contributed by atoms with E-state index in [0.717, 1.165) is 12.1 Å². The molecule has 17 heavy (non-hydrogen) atoms. The molecule has 1 aliphatic heterocycles. The number of pyridine rings is 1. The normalized spacial score (nSPS) is 23.8. The summed E-state index contributed by atoms with van der Waals surface area (Å²) in [7, 11) is 0. The Morgan fingerprint density at radius 2 is 2.35 bits per heavy atom. The van der Waals surface area contributed by atoms with E-state index in [4.69, 9.17) is 0 Å². The van der Waals surface area contributed by atoms with Crippen molar-refractivity contribution in [1.82, 2.24) is 15.2 Å². The average molecular weight is 233 g/mol. The molecule has 1 fully saturated rings. The van der Waals surface area contributed by atoms with Crippen molar-refractivity contribution < 1.29 is 4.79 Å². The summed E-state index contributed by atoms with van der Waals surface area (Å²) in [5, 5.41) is 3.27. The monoisotopic (exact) mass is 233 g/mol. The summed E-state index contributed by atoms with van der Waals surface area (Å²) in [6, 6.07) is 4.12. The van der Waals surface area contributed by atoms with E-state index in [1.807, 2.05) is 37.1 Å². The Hall–Kier alpha value is -1.42.